The molecule has 0 saturated heterocycles. The molecule has 1 aromatic rings. The Morgan fingerprint density at radius 2 is 2.00 bits per heavy atom. The molecule has 7 nitrogen and oxygen atoms in total. The maximum Gasteiger partial charge on any atom is 0.345 e. The third kappa shape index (κ3) is 1.40. The average Bonchev–Trinajstić information content (AvgIpc) is 2.35. The highest BCUT2D eigenvalue weighted by atomic mass is 16.7. The van der Waals surface area contributed by atoms with Gasteiger partial charge in [0.25, 0.3) is 0 Å². The van der Waals surface area contributed by atoms with E-state index in [1.54, 1.807) is 0 Å². The van der Waals surface area contributed by atoms with Crippen LogP contribution >= 0.6 is 0 Å². The number of carbonyl (C=O) groups is 2. The molecule has 0 radical (unpaired) electrons. The van der Waals surface area contributed by atoms with Crippen molar-refractivity contribution in [1.82, 2.24) is 0 Å². The second-order valence-electron chi connectivity index (χ2n) is 3.72. The van der Waals surface area contributed by atoms with Crippen molar-refractivity contribution in [2.45, 2.75) is 12.7 Å². The zero-order valence-electron chi connectivity index (χ0n) is 8.59. The predicted octanol–water partition coefficient (Wildman–Crippen LogP) is 0.131. The highest BCUT2D eigenvalue weighted by molar-refractivity contribution is 6.04. The first-order valence-electron chi connectivity index (χ1n) is 4.54. The summed E-state index contributed by atoms with van der Waals surface area (Å²) in [5, 5.41) is 37.5. The standard InChI is InChI=1S/C10H8O7/c1-10(16)3-2-4(11)6(8(13)14)7(12)5(3)9(15)17-10/h2,11-12,16H,1H3,(H,13,14)/t10-/m1/s1. The van der Waals surface area contributed by atoms with Gasteiger partial charge < -0.3 is 25.2 Å². The molecule has 0 unspecified atom stereocenters. The van der Waals surface area contributed by atoms with Crippen LogP contribution < -0.4 is 0 Å². The van der Waals surface area contributed by atoms with Crippen LogP contribution in [0.1, 0.15) is 33.2 Å². The van der Waals surface area contributed by atoms with Crippen molar-refractivity contribution in [2.24, 2.45) is 0 Å². The molecule has 0 bridgehead atoms. The van der Waals surface area contributed by atoms with Gasteiger partial charge >= 0.3 is 11.9 Å². The van der Waals surface area contributed by atoms with E-state index in [2.05, 4.69) is 4.74 Å². The number of hydrogen-bond donors (Lipinski definition) is 4. The highest BCUT2D eigenvalue weighted by Crippen LogP contribution is 2.43. The first-order valence-corrected chi connectivity index (χ1v) is 4.54. The Labute approximate surface area is 94.5 Å². The number of aromatic carboxylic acids is 1. The van der Waals surface area contributed by atoms with Gasteiger partial charge in [-0.25, -0.2) is 9.59 Å². The Kier molecular flexibility index (Phi) is 2.05. The van der Waals surface area contributed by atoms with Crippen LogP contribution in [0.2, 0.25) is 0 Å². The van der Waals surface area contributed by atoms with Crippen molar-refractivity contribution in [3.05, 3.63) is 22.8 Å². The first kappa shape index (κ1) is 11.2. The molecular weight excluding hydrogens is 232 g/mol. The maximum atomic E-state index is 11.4. The lowest BCUT2D eigenvalue weighted by Crippen LogP contribution is -2.20. The zero-order valence-corrected chi connectivity index (χ0v) is 8.59. The van der Waals surface area contributed by atoms with E-state index in [0.717, 1.165) is 13.0 Å². The predicted molar refractivity (Wildman–Crippen MR) is 51.7 cm³/mol. The van der Waals surface area contributed by atoms with Crippen LogP contribution in [0, 0.1) is 0 Å². The number of aliphatic hydroxyl groups is 1. The number of carbonyl (C=O) groups excluding carboxylic acids is 1. The molecule has 1 heterocycles. The lowest BCUT2D eigenvalue weighted by molar-refractivity contribution is -0.147. The van der Waals surface area contributed by atoms with Crippen molar-refractivity contribution in [3.8, 4) is 11.5 Å². The molecular formula is C10H8O7. The van der Waals surface area contributed by atoms with Crippen LogP contribution in [0.25, 0.3) is 0 Å². The highest BCUT2D eigenvalue weighted by Gasteiger charge is 2.44. The Hall–Kier alpha value is -2.28. The molecule has 7 heteroatoms. The van der Waals surface area contributed by atoms with Crippen LogP contribution in [0.15, 0.2) is 6.07 Å². The number of aromatic hydroxyl groups is 2. The van der Waals surface area contributed by atoms with Crippen LogP contribution in [0.3, 0.4) is 0 Å². The van der Waals surface area contributed by atoms with E-state index in [9.17, 15) is 24.9 Å². The summed E-state index contributed by atoms with van der Waals surface area (Å²) in [4.78, 5) is 22.1. The minimum atomic E-state index is -2.00. The lowest BCUT2D eigenvalue weighted by Gasteiger charge is -2.16. The van der Waals surface area contributed by atoms with Gasteiger partial charge in [-0.2, -0.15) is 0 Å². The summed E-state index contributed by atoms with van der Waals surface area (Å²) in [5.41, 5.74) is -1.44. The third-order valence-electron chi connectivity index (χ3n) is 2.49. The van der Waals surface area contributed by atoms with E-state index in [-0.39, 0.29) is 5.56 Å². The summed E-state index contributed by atoms with van der Waals surface area (Å²) < 4.78 is 4.54. The summed E-state index contributed by atoms with van der Waals surface area (Å²) in [6.07, 6.45) is 0. The van der Waals surface area contributed by atoms with Gasteiger partial charge in [-0.3, -0.25) is 0 Å². The molecule has 17 heavy (non-hydrogen) atoms. The van der Waals surface area contributed by atoms with E-state index < -0.39 is 40.4 Å². The molecule has 0 aliphatic carbocycles. The number of hydrogen-bond acceptors (Lipinski definition) is 6. The lowest BCUT2D eigenvalue weighted by atomic mass is 9.98. The zero-order chi connectivity index (χ0) is 13.0. The number of phenols is 2. The SMILES string of the molecule is C[C@@]1(O)OC(=O)c2c1cc(O)c(C(=O)O)c2O. The molecule has 1 atom stereocenters. The van der Waals surface area contributed by atoms with E-state index >= 15 is 0 Å². The molecule has 2 rings (SSSR count). The van der Waals surface area contributed by atoms with Crippen LogP contribution in [-0.2, 0) is 10.5 Å². The van der Waals surface area contributed by atoms with Gasteiger partial charge in [0.2, 0.25) is 5.79 Å². The fourth-order valence-electron chi connectivity index (χ4n) is 1.72. The molecule has 4 N–H and O–H groups in total. The molecule has 1 aliphatic heterocycles. The number of carboxylic acids is 1. The molecule has 0 spiro atoms. The minimum Gasteiger partial charge on any atom is -0.507 e. The van der Waals surface area contributed by atoms with Crippen LogP contribution in [0.5, 0.6) is 11.5 Å². The van der Waals surface area contributed by atoms with Gasteiger partial charge in [0.1, 0.15) is 22.6 Å². The van der Waals surface area contributed by atoms with Gasteiger partial charge in [0.05, 0.1) is 0 Å². The molecule has 1 aromatic carbocycles. The van der Waals surface area contributed by atoms with Gasteiger partial charge in [-0.05, 0) is 6.07 Å². The van der Waals surface area contributed by atoms with Gasteiger partial charge in [-0.15, -0.1) is 0 Å². The summed E-state index contributed by atoms with van der Waals surface area (Å²) >= 11 is 0. The first-order chi connectivity index (χ1) is 7.75. The summed E-state index contributed by atoms with van der Waals surface area (Å²) in [6.45, 7) is 1.13. The third-order valence-corrected chi connectivity index (χ3v) is 2.49. The molecule has 0 saturated carbocycles. The van der Waals surface area contributed by atoms with Crippen LogP contribution in [-0.4, -0.2) is 32.4 Å². The van der Waals surface area contributed by atoms with Gasteiger partial charge in [0, 0.05) is 12.5 Å². The number of benzene rings is 1. The van der Waals surface area contributed by atoms with Gasteiger partial charge in [0.15, 0.2) is 0 Å². The number of ether oxygens (including phenoxy) is 1. The van der Waals surface area contributed by atoms with Crippen molar-refractivity contribution in [3.63, 3.8) is 0 Å². The number of cyclic esters (lactones) is 1. The van der Waals surface area contributed by atoms with Crippen molar-refractivity contribution >= 4 is 11.9 Å². The summed E-state index contributed by atoms with van der Waals surface area (Å²) in [6, 6.07) is 0.878. The Balaban J connectivity index is 2.82. The Bertz CT molecular complexity index is 544. The van der Waals surface area contributed by atoms with E-state index in [0.29, 0.717) is 0 Å². The topological polar surface area (TPSA) is 124 Å². The van der Waals surface area contributed by atoms with E-state index in [1.165, 1.54) is 0 Å². The van der Waals surface area contributed by atoms with E-state index in [1.807, 2.05) is 0 Å². The maximum absolute atomic E-state index is 11.4. The fourth-order valence-corrected chi connectivity index (χ4v) is 1.72. The average molecular weight is 240 g/mol. The number of fused-ring (bicyclic) bond motifs is 1. The summed E-state index contributed by atoms with van der Waals surface area (Å²) in [7, 11) is 0. The Morgan fingerprint density at radius 1 is 1.41 bits per heavy atom. The smallest absolute Gasteiger partial charge is 0.345 e. The molecule has 0 aromatic heterocycles. The second-order valence-corrected chi connectivity index (χ2v) is 3.72. The number of carboxylic acid groups (broad SMARTS) is 1. The minimum absolute atomic E-state index is 0.178. The van der Waals surface area contributed by atoms with Gasteiger partial charge in [-0.1, -0.05) is 0 Å². The Morgan fingerprint density at radius 3 is 2.53 bits per heavy atom. The monoisotopic (exact) mass is 240 g/mol. The molecule has 90 valence electrons. The number of esters is 1. The normalized spacial score (nSPS) is 22.1. The largest absolute Gasteiger partial charge is 0.507 e. The van der Waals surface area contributed by atoms with E-state index in [4.69, 9.17) is 5.11 Å². The molecule has 0 amide bonds. The van der Waals surface area contributed by atoms with Crippen molar-refractivity contribution < 1.29 is 34.8 Å². The van der Waals surface area contributed by atoms with Crippen molar-refractivity contribution in [2.75, 3.05) is 0 Å². The quantitative estimate of drug-likeness (QED) is 0.514. The number of rotatable bonds is 1. The second kappa shape index (κ2) is 3.11. The molecule has 0 fully saturated rings. The summed E-state index contributed by atoms with van der Waals surface area (Å²) in [5.74, 6) is -6.33. The van der Waals surface area contributed by atoms with Crippen molar-refractivity contribution in [1.29, 1.82) is 0 Å². The fraction of sp³-hybridized carbons (Fsp3) is 0.200. The van der Waals surface area contributed by atoms with Crippen LogP contribution in [0.4, 0.5) is 0 Å². The molecule has 1 aliphatic rings.